The number of sulfonamides is 1. The average Bonchev–Trinajstić information content (AvgIpc) is 2.70. The Bertz CT molecular complexity index is 1050. The van der Waals surface area contributed by atoms with Crippen LogP contribution in [0.1, 0.15) is 5.56 Å². The number of rotatable bonds is 7. The topological polar surface area (TPSA) is 100 Å². The Morgan fingerprint density at radius 2 is 1.50 bits per heavy atom. The smallest absolute Gasteiger partial charge is 0.261 e. The van der Waals surface area contributed by atoms with Crippen LogP contribution in [0, 0.1) is 0 Å². The lowest BCUT2D eigenvalue weighted by Crippen LogP contribution is -2.12. The minimum absolute atomic E-state index is 0.147. The van der Waals surface area contributed by atoms with Gasteiger partial charge in [0.1, 0.15) is 11.5 Å². The number of hydrogen-bond donors (Lipinski definition) is 3. The number of ether oxygens (including phenoxy) is 1. The molecule has 3 aromatic rings. The summed E-state index contributed by atoms with van der Waals surface area (Å²) in [6, 6.07) is 19.5. The number of anilines is 2. The second kappa shape index (κ2) is 8.45. The Balaban J connectivity index is 1.62. The highest BCUT2D eigenvalue weighted by atomic mass is 32.2. The molecule has 0 heterocycles. The number of phenols is 1. The van der Waals surface area contributed by atoms with Gasteiger partial charge in [0.25, 0.3) is 10.0 Å². The quantitative estimate of drug-likeness (QED) is 0.417. The number of benzene rings is 3. The van der Waals surface area contributed by atoms with Crippen molar-refractivity contribution in [2.45, 2.75) is 4.90 Å². The van der Waals surface area contributed by atoms with Crippen molar-refractivity contribution in [3.8, 4) is 11.5 Å². The van der Waals surface area contributed by atoms with Gasteiger partial charge >= 0.3 is 0 Å². The predicted molar refractivity (Wildman–Crippen MR) is 110 cm³/mol. The monoisotopic (exact) mass is 397 g/mol. The van der Waals surface area contributed by atoms with Gasteiger partial charge in [0, 0.05) is 5.69 Å². The van der Waals surface area contributed by atoms with E-state index in [1.54, 1.807) is 66.9 Å². The molecule has 0 saturated heterocycles. The summed E-state index contributed by atoms with van der Waals surface area (Å²) in [6.07, 6.45) is 1.61. The van der Waals surface area contributed by atoms with E-state index in [0.717, 1.165) is 5.56 Å². The highest BCUT2D eigenvalue weighted by molar-refractivity contribution is 7.92. The normalized spacial score (nSPS) is 11.3. The Labute approximate surface area is 163 Å². The van der Waals surface area contributed by atoms with Crippen LogP contribution in [-0.4, -0.2) is 26.8 Å². The van der Waals surface area contributed by atoms with Gasteiger partial charge in [-0.2, -0.15) is 5.10 Å². The van der Waals surface area contributed by atoms with Crippen molar-refractivity contribution in [1.29, 1.82) is 0 Å². The molecule has 3 N–H and O–H groups in total. The lowest BCUT2D eigenvalue weighted by Gasteiger charge is -2.09. The molecule has 7 nitrogen and oxygen atoms in total. The summed E-state index contributed by atoms with van der Waals surface area (Å²) in [6.45, 7) is 0. The molecule has 0 atom stereocenters. The standard InChI is InChI=1S/C20H19N3O4S/c1-27-19-10-12-20(13-11-19)28(25,26)23-17-6-4-16(5-7-17)22-21-14-15-2-8-18(24)9-3-15/h2-14,22-24H,1H3/b21-14+. The van der Waals surface area contributed by atoms with Crippen molar-refractivity contribution in [3.05, 3.63) is 78.4 Å². The molecular weight excluding hydrogens is 378 g/mol. The SMILES string of the molecule is COc1ccc(S(=O)(=O)Nc2ccc(N/N=C/c3ccc(O)cc3)cc2)cc1. The van der Waals surface area contributed by atoms with Gasteiger partial charge in [-0.1, -0.05) is 0 Å². The van der Waals surface area contributed by atoms with Gasteiger partial charge in [0.05, 0.1) is 23.9 Å². The lowest BCUT2D eigenvalue weighted by molar-refractivity contribution is 0.414. The summed E-state index contributed by atoms with van der Waals surface area (Å²) in [5, 5.41) is 13.4. The maximum absolute atomic E-state index is 12.4. The Morgan fingerprint density at radius 3 is 2.11 bits per heavy atom. The van der Waals surface area contributed by atoms with Gasteiger partial charge in [-0.3, -0.25) is 10.1 Å². The van der Waals surface area contributed by atoms with Gasteiger partial charge in [0.15, 0.2) is 0 Å². The van der Waals surface area contributed by atoms with Crippen LogP contribution < -0.4 is 14.9 Å². The van der Waals surface area contributed by atoms with Crippen LogP contribution in [0.5, 0.6) is 11.5 Å². The first-order chi connectivity index (χ1) is 13.5. The summed E-state index contributed by atoms with van der Waals surface area (Å²) in [5.41, 5.74) is 4.82. The number of phenolic OH excluding ortho intramolecular Hbond substituents is 1. The first-order valence-electron chi connectivity index (χ1n) is 8.31. The molecular formula is C20H19N3O4S. The molecule has 0 aliphatic carbocycles. The van der Waals surface area contributed by atoms with Gasteiger partial charge < -0.3 is 9.84 Å². The van der Waals surface area contributed by atoms with E-state index in [1.807, 2.05) is 0 Å². The summed E-state index contributed by atoms with van der Waals surface area (Å²) >= 11 is 0. The van der Waals surface area contributed by atoms with Crippen LogP contribution in [0.2, 0.25) is 0 Å². The van der Waals surface area contributed by atoms with Gasteiger partial charge in [-0.25, -0.2) is 8.42 Å². The zero-order chi connectivity index (χ0) is 20.0. The molecule has 0 aromatic heterocycles. The number of aromatic hydroxyl groups is 1. The summed E-state index contributed by atoms with van der Waals surface area (Å²) in [5.74, 6) is 0.778. The zero-order valence-corrected chi connectivity index (χ0v) is 15.8. The Hall–Kier alpha value is -3.52. The van der Waals surface area contributed by atoms with Crippen LogP contribution in [0.3, 0.4) is 0 Å². The molecule has 0 saturated carbocycles. The highest BCUT2D eigenvalue weighted by Crippen LogP contribution is 2.20. The van der Waals surface area contributed by atoms with Gasteiger partial charge in [-0.15, -0.1) is 0 Å². The third kappa shape index (κ3) is 5.01. The second-order valence-corrected chi connectivity index (χ2v) is 7.50. The molecule has 0 aliphatic rings. The lowest BCUT2D eigenvalue weighted by atomic mass is 10.2. The first-order valence-corrected chi connectivity index (χ1v) is 9.80. The molecule has 8 heteroatoms. The number of nitrogens with one attached hydrogen (secondary N) is 2. The van der Waals surface area contributed by atoms with Gasteiger partial charge in [-0.05, 0) is 78.4 Å². The molecule has 3 aromatic carbocycles. The van der Waals surface area contributed by atoms with E-state index in [9.17, 15) is 13.5 Å². The summed E-state index contributed by atoms with van der Waals surface area (Å²) in [4.78, 5) is 0.147. The fourth-order valence-corrected chi connectivity index (χ4v) is 3.38. The number of hydrogen-bond acceptors (Lipinski definition) is 6. The van der Waals surface area contributed by atoms with Crippen molar-refractivity contribution in [2.75, 3.05) is 17.3 Å². The minimum atomic E-state index is -3.68. The molecule has 144 valence electrons. The fourth-order valence-electron chi connectivity index (χ4n) is 2.32. The molecule has 0 aliphatic heterocycles. The Morgan fingerprint density at radius 1 is 0.893 bits per heavy atom. The molecule has 3 rings (SSSR count). The first kappa shape index (κ1) is 19.2. The number of hydrazone groups is 1. The van der Waals surface area contributed by atoms with Crippen LogP contribution >= 0.6 is 0 Å². The van der Waals surface area contributed by atoms with Crippen molar-refractivity contribution < 1.29 is 18.3 Å². The van der Waals surface area contributed by atoms with E-state index < -0.39 is 10.0 Å². The van der Waals surface area contributed by atoms with Crippen molar-refractivity contribution in [2.24, 2.45) is 5.10 Å². The van der Waals surface area contributed by atoms with Crippen molar-refractivity contribution >= 4 is 27.6 Å². The third-order valence-electron chi connectivity index (χ3n) is 3.81. The van der Waals surface area contributed by atoms with Crippen LogP contribution in [-0.2, 0) is 10.0 Å². The molecule has 0 unspecified atom stereocenters. The van der Waals surface area contributed by atoms with Gasteiger partial charge in [0.2, 0.25) is 0 Å². The fraction of sp³-hybridized carbons (Fsp3) is 0.0500. The Kier molecular flexibility index (Phi) is 5.81. The van der Waals surface area contributed by atoms with E-state index in [-0.39, 0.29) is 10.6 Å². The molecule has 0 fully saturated rings. The van der Waals surface area contributed by atoms with E-state index in [0.29, 0.717) is 17.1 Å². The maximum Gasteiger partial charge on any atom is 0.261 e. The van der Waals surface area contributed by atoms with Crippen LogP contribution in [0.15, 0.2) is 82.8 Å². The second-order valence-electron chi connectivity index (χ2n) is 5.82. The largest absolute Gasteiger partial charge is 0.508 e. The maximum atomic E-state index is 12.4. The molecule has 0 bridgehead atoms. The summed E-state index contributed by atoms with van der Waals surface area (Å²) in [7, 11) is -2.16. The van der Waals surface area contributed by atoms with E-state index >= 15 is 0 Å². The molecule has 28 heavy (non-hydrogen) atoms. The zero-order valence-electron chi connectivity index (χ0n) is 15.0. The predicted octanol–water partition coefficient (Wildman–Crippen LogP) is 3.65. The highest BCUT2D eigenvalue weighted by Gasteiger charge is 2.14. The summed E-state index contributed by atoms with van der Waals surface area (Å²) < 4.78 is 32.4. The molecule has 0 amide bonds. The third-order valence-corrected chi connectivity index (χ3v) is 5.20. The van der Waals surface area contributed by atoms with Crippen LogP contribution in [0.4, 0.5) is 11.4 Å². The van der Waals surface area contributed by atoms with Crippen molar-refractivity contribution in [3.63, 3.8) is 0 Å². The molecule has 0 radical (unpaired) electrons. The molecule has 0 spiro atoms. The van der Waals surface area contributed by atoms with Crippen LogP contribution in [0.25, 0.3) is 0 Å². The van der Waals surface area contributed by atoms with E-state index in [1.165, 1.54) is 19.2 Å². The number of nitrogens with zero attached hydrogens (tertiary/aromatic N) is 1. The minimum Gasteiger partial charge on any atom is -0.508 e. The van der Waals surface area contributed by atoms with E-state index in [4.69, 9.17) is 4.74 Å². The van der Waals surface area contributed by atoms with Crippen molar-refractivity contribution in [1.82, 2.24) is 0 Å². The number of methoxy groups -OCH3 is 1. The van der Waals surface area contributed by atoms with E-state index in [2.05, 4.69) is 15.2 Å². The average molecular weight is 397 g/mol.